The highest BCUT2D eigenvalue weighted by molar-refractivity contribution is 6.09. The first-order valence-corrected chi connectivity index (χ1v) is 24.1. The van der Waals surface area contributed by atoms with Gasteiger partial charge in [-0.15, -0.1) is 0 Å². The zero-order valence-electron chi connectivity index (χ0n) is 38.7. The fraction of sp³-hybridized carbons (Fsp3) is 0.0588. The molecule has 1 aliphatic carbocycles. The highest BCUT2D eigenvalue weighted by Gasteiger charge is 2.36. The van der Waals surface area contributed by atoms with Gasteiger partial charge in [0.25, 0.3) is 0 Å². The Morgan fingerprint density at radius 2 is 0.797 bits per heavy atom. The van der Waals surface area contributed by atoms with Crippen LogP contribution in [0.5, 0.6) is 0 Å². The van der Waals surface area contributed by atoms with E-state index in [1.54, 1.807) is 0 Å². The van der Waals surface area contributed by atoms with Crippen LogP contribution in [0.1, 0.15) is 47.6 Å². The normalized spacial score (nSPS) is 13.1. The zero-order valence-corrected chi connectivity index (χ0v) is 38.7. The number of hydrogen-bond acceptors (Lipinski definition) is 1. The summed E-state index contributed by atoms with van der Waals surface area (Å²) in [5.74, 6) is 0.00221. The summed E-state index contributed by atoms with van der Waals surface area (Å²) in [6.07, 6.45) is 0. The summed E-state index contributed by atoms with van der Waals surface area (Å²) in [7, 11) is 0. The minimum atomic E-state index is -0.190. The average Bonchev–Trinajstić information content (AvgIpc) is 3.90. The molecule has 13 rings (SSSR count). The molecule has 12 aromatic rings. The minimum absolute atomic E-state index is 0.00221. The van der Waals surface area contributed by atoms with Gasteiger partial charge < -0.3 is 4.42 Å². The molecular weight excluding hydrogens is 833 g/mol. The van der Waals surface area contributed by atoms with Crippen molar-refractivity contribution in [3.63, 3.8) is 0 Å². The van der Waals surface area contributed by atoms with Crippen molar-refractivity contribution in [1.29, 1.82) is 0 Å². The minimum Gasteiger partial charge on any atom is -0.455 e. The molecule has 11 aromatic carbocycles. The van der Waals surface area contributed by atoms with E-state index >= 15 is 0 Å². The molecule has 0 radical (unpaired) electrons. The molecule has 0 N–H and O–H groups in total. The Kier molecular flexibility index (Phi) is 9.66. The Hall–Kier alpha value is -8.52. The first kappa shape index (κ1) is 40.7. The zero-order chi connectivity index (χ0) is 46.1. The summed E-state index contributed by atoms with van der Waals surface area (Å²) < 4.78 is 6.43. The van der Waals surface area contributed by atoms with Crippen LogP contribution in [-0.4, -0.2) is 0 Å². The Morgan fingerprint density at radius 3 is 1.57 bits per heavy atom. The summed E-state index contributed by atoms with van der Waals surface area (Å²) in [6.45, 7) is 4.80. The predicted octanol–water partition coefficient (Wildman–Crippen LogP) is 18.6. The third-order valence-electron chi connectivity index (χ3n) is 14.8. The van der Waals surface area contributed by atoms with Crippen LogP contribution >= 0.6 is 0 Å². The highest BCUT2D eigenvalue weighted by Crippen LogP contribution is 2.51. The standard InChI is InChI=1S/C68H48O/c1-68(2)63-42-55(54-35-30-45-14-6-7-15-52(45)40-54)36-38-59(63)60-39-37-57(43-64(60)68)66(51-33-28-48(29-34-51)47-24-22-46(23-25-47)44-12-4-3-5-13-44)56-17-10-16-53(41-56)49-26-31-50(32-27-49)58-19-11-20-62-61-18-8-9-21-65(61)69-67(58)62/h3-43,66H,1-2H3. The SMILES string of the molecule is CC1(C)c2cc(-c3ccc4ccccc4c3)ccc2-c2ccc(C(c3ccc(-c4ccc(-c5ccccc5)cc4)cc3)c3cccc(-c4ccc(-c5cccc6c5oc5ccccc56)cc4)c3)cc21. The summed E-state index contributed by atoms with van der Waals surface area (Å²) in [4.78, 5) is 0. The predicted molar refractivity (Wildman–Crippen MR) is 290 cm³/mol. The van der Waals surface area contributed by atoms with Gasteiger partial charge >= 0.3 is 0 Å². The molecule has 0 bridgehead atoms. The van der Waals surface area contributed by atoms with Gasteiger partial charge in [-0.05, 0) is 118 Å². The smallest absolute Gasteiger partial charge is 0.143 e. The van der Waals surface area contributed by atoms with E-state index in [-0.39, 0.29) is 11.3 Å². The molecule has 0 amide bonds. The van der Waals surface area contributed by atoms with E-state index in [1.165, 1.54) is 94.2 Å². The van der Waals surface area contributed by atoms with Crippen molar-refractivity contribution in [2.75, 3.05) is 0 Å². The maximum atomic E-state index is 6.43. The van der Waals surface area contributed by atoms with Gasteiger partial charge in [-0.1, -0.05) is 244 Å². The Balaban J connectivity index is 0.874. The summed E-state index contributed by atoms with van der Waals surface area (Å²) in [6, 6.07) is 91.5. The third kappa shape index (κ3) is 7.09. The summed E-state index contributed by atoms with van der Waals surface area (Å²) in [5, 5.41) is 4.82. The van der Waals surface area contributed by atoms with Gasteiger partial charge in [-0.2, -0.15) is 0 Å². The van der Waals surface area contributed by atoms with E-state index in [9.17, 15) is 0 Å². The van der Waals surface area contributed by atoms with Crippen molar-refractivity contribution < 1.29 is 4.42 Å². The van der Waals surface area contributed by atoms with Crippen molar-refractivity contribution in [2.24, 2.45) is 0 Å². The Labute approximate surface area is 403 Å². The van der Waals surface area contributed by atoms with E-state index in [1.807, 2.05) is 12.1 Å². The van der Waals surface area contributed by atoms with Crippen LogP contribution in [0.2, 0.25) is 0 Å². The molecule has 0 saturated carbocycles. The molecule has 326 valence electrons. The van der Waals surface area contributed by atoms with Crippen LogP contribution in [-0.2, 0) is 5.41 Å². The summed E-state index contributed by atoms with van der Waals surface area (Å²) in [5.41, 5.74) is 22.8. The maximum absolute atomic E-state index is 6.43. The van der Waals surface area contributed by atoms with Gasteiger partial charge in [-0.25, -0.2) is 0 Å². The molecule has 0 saturated heterocycles. The molecule has 1 aliphatic rings. The Morgan fingerprint density at radius 1 is 0.304 bits per heavy atom. The van der Waals surface area contributed by atoms with Crippen molar-refractivity contribution in [3.8, 4) is 66.8 Å². The number of fused-ring (bicyclic) bond motifs is 7. The lowest BCUT2D eigenvalue weighted by molar-refractivity contribution is 0.659. The van der Waals surface area contributed by atoms with Crippen molar-refractivity contribution >= 4 is 32.7 Å². The number of furan rings is 1. The largest absolute Gasteiger partial charge is 0.455 e. The molecule has 69 heavy (non-hydrogen) atoms. The molecule has 1 heterocycles. The van der Waals surface area contributed by atoms with Gasteiger partial charge in [0.2, 0.25) is 0 Å². The van der Waals surface area contributed by atoms with Crippen molar-refractivity contribution in [3.05, 3.63) is 277 Å². The number of rotatable bonds is 8. The second-order valence-electron chi connectivity index (χ2n) is 19.2. The maximum Gasteiger partial charge on any atom is 0.143 e. The fourth-order valence-electron chi connectivity index (χ4n) is 11.1. The van der Waals surface area contributed by atoms with Crippen LogP contribution in [0.3, 0.4) is 0 Å². The van der Waals surface area contributed by atoms with Crippen LogP contribution < -0.4 is 0 Å². The van der Waals surface area contributed by atoms with E-state index in [4.69, 9.17) is 4.42 Å². The van der Waals surface area contributed by atoms with Gasteiger partial charge in [0.15, 0.2) is 0 Å². The quantitative estimate of drug-likeness (QED) is 0.139. The van der Waals surface area contributed by atoms with E-state index < -0.39 is 0 Å². The lowest BCUT2D eigenvalue weighted by Crippen LogP contribution is -2.16. The lowest BCUT2D eigenvalue weighted by Gasteiger charge is -2.25. The lowest BCUT2D eigenvalue weighted by atomic mass is 9.78. The Bertz CT molecular complexity index is 3890. The van der Waals surface area contributed by atoms with Crippen LogP contribution in [0, 0.1) is 0 Å². The monoisotopic (exact) mass is 880 g/mol. The average molecular weight is 881 g/mol. The van der Waals surface area contributed by atoms with E-state index in [0.29, 0.717) is 0 Å². The molecule has 1 nitrogen and oxygen atoms in total. The van der Waals surface area contributed by atoms with Gasteiger partial charge in [0.05, 0.1) is 0 Å². The van der Waals surface area contributed by atoms with Crippen LogP contribution in [0.4, 0.5) is 0 Å². The first-order valence-electron chi connectivity index (χ1n) is 24.1. The molecule has 0 fully saturated rings. The van der Waals surface area contributed by atoms with Crippen molar-refractivity contribution in [1.82, 2.24) is 0 Å². The van der Waals surface area contributed by atoms with E-state index in [2.05, 4.69) is 250 Å². The molecule has 1 unspecified atom stereocenters. The third-order valence-corrected chi connectivity index (χ3v) is 14.8. The molecule has 1 heteroatoms. The number of hydrogen-bond donors (Lipinski definition) is 0. The summed E-state index contributed by atoms with van der Waals surface area (Å²) >= 11 is 0. The first-order chi connectivity index (χ1) is 33.9. The molecule has 0 aliphatic heterocycles. The second kappa shape index (κ2) is 16.4. The number of benzene rings is 11. The molecular formula is C68H48O. The van der Waals surface area contributed by atoms with Crippen LogP contribution in [0.15, 0.2) is 253 Å². The topological polar surface area (TPSA) is 13.1 Å². The molecule has 0 spiro atoms. The van der Waals surface area contributed by atoms with Gasteiger partial charge in [0.1, 0.15) is 11.2 Å². The second-order valence-corrected chi connectivity index (χ2v) is 19.2. The van der Waals surface area contributed by atoms with Crippen molar-refractivity contribution in [2.45, 2.75) is 25.2 Å². The molecule has 1 atom stereocenters. The number of para-hydroxylation sites is 2. The highest BCUT2D eigenvalue weighted by atomic mass is 16.3. The van der Waals surface area contributed by atoms with Crippen LogP contribution in [0.25, 0.3) is 99.5 Å². The van der Waals surface area contributed by atoms with E-state index in [0.717, 1.165) is 33.1 Å². The molecule has 1 aromatic heterocycles. The van der Waals surface area contributed by atoms with Gasteiger partial charge in [-0.3, -0.25) is 0 Å². The van der Waals surface area contributed by atoms with Gasteiger partial charge in [0, 0.05) is 27.7 Å². The fourth-order valence-corrected chi connectivity index (χ4v) is 11.1.